The molecule has 0 heterocycles. The molecule has 20 heavy (non-hydrogen) atoms. The van der Waals surface area contributed by atoms with Gasteiger partial charge in [-0.2, -0.15) is 0 Å². The summed E-state index contributed by atoms with van der Waals surface area (Å²) in [7, 11) is 1.26. The molecule has 110 valence electrons. The van der Waals surface area contributed by atoms with E-state index in [2.05, 4.69) is 4.74 Å². The van der Waals surface area contributed by atoms with Crippen molar-refractivity contribution in [3.05, 3.63) is 32.3 Å². The first-order chi connectivity index (χ1) is 9.40. The maximum Gasteiger partial charge on any atom is 0.325 e. The van der Waals surface area contributed by atoms with E-state index in [0.717, 1.165) is 0 Å². The number of nitro groups is 1. The molecule has 0 radical (unpaired) electrons. The average Bonchev–Trinajstić information content (AvgIpc) is 2.40. The number of anilines is 1. The van der Waals surface area contributed by atoms with Crippen LogP contribution < -0.4 is 4.90 Å². The lowest BCUT2D eigenvalue weighted by Crippen LogP contribution is -2.31. The van der Waals surface area contributed by atoms with Crippen molar-refractivity contribution in [1.82, 2.24) is 0 Å². The normalized spacial score (nSPS) is 10.2. The highest BCUT2D eigenvalue weighted by atomic mass is 35.5. The first kappa shape index (κ1) is 16.5. The summed E-state index contributed by atoms with van der Waals surface area (Å²) >= 11 is 11.7. The van der Waals surface area contributed by atoms with Crippen molar-refractivity contribution in [2.45, 2.75) is 13.3 Å². The fourth-order valence-corrected chi connectivity index (χ4v) is 2.02. The van der Waals surface area contributed by atoms with Gasteiger partial charge < -0.3 is 9.64 Å². The Labute approximate surface area is 126 Å². The fraction of sp³-hybridized carbons (Fsp3) is 0.417. The Morgan fingerprint density at radius 1 is 1.40 bits per heavy atom. The van der Waals surface area contributed by atoms with Crippen molar-refractivity contribution in [3.8, 4) is 0 Å². The number of hydrogen-bond donors (Lipinski definition) is 0. The lowest BCUT2D eigenvalue weighted by molar-refractivity contribution is -0.384. The molecule has 1 rings (SSSR count). The first-order valence-corrected chi connectivity index (χ1v) is 6.61. The quantitative estimate of drug-likeness (QED) is 0.457. The van der Waals surface area contributed by atoms with Crippen LogP contribution >= 0.6 is 23.2 Å². The van der Waals surface area contributed by atoms with Gasteiger partial charge in [-0.3, -0.25) is 14.9 Å². The number of carbonyl (C=O) groups is 1. The molecule has 0 aromatic heterocycles. The molecule has 0 aliphatic heterocycles. The number of nitro benzene ring substituents is 1. The van der Waals surface area contributed by atoms with Gasteiger partial charge in [0.2, 0.25) is 0 Å². The van der Waals surface area contributed by atoms with Gasteiger partial charge in [-0.15, -0.1) is 0 Å². The zero-order chi connectivity index (χ0) is 15.3. The second-order valence-corrected chi connectivity index (χ2v) is 4.82. The van der Waals surface area contributed by atoms with Crippen LogP contribution in [0.15, 0.2) is 12.1 Å². The van der Waals surface area contributed by atoms with Gasteiger partial charge in [0.25, 0.3) is 5.69 Å². The number of halogens is 2. The SMILES string of the molecule is CCCN(CC(=O)OC)c1cc(Cl)c(Cl)cc1[N+](=O)[O-]. The highest BCUT2D eigenvalue weighted by molar-refractivity contribution is 6.42. The van der Waals surface area contributed by atoms with Gasteiger partial charge >= 0.3 is 5.97 Å². The number of carbonyl (C=O) groups excluding carboxylic acids is 1. The highest BCUT2D eigenvalue weighted by Gasteiger charge is 2.23. The van der Waals surface area contributed by atoms with Crippen LogP contribution in [-0.2, 0) is 9.53 Å². The Morgan fingerprint density at radius 2 is 2.00 bits per heavy atom. The van der Waals surface area contributed by atoms with Gasteiger partial charge in [-0.25, -0.2) is 0 Å². The van der Waals surface area contributed by atoms with E-state index in [0.29, 0.717) is 13.0 Å². The number of methoxy groups -OCH3 is 1. The zero-order valence-electron chi connectivity index (χ0n) is 11.1. The summed E-state index contributed by atoms with van der Waals surface area (Å²) in [6.07, 6.45) is 0.703. The van der Waals surface area contributed by atoms with Crippen LogP contribution in [0.1, 0.15) is 13.3 Å². The van der Waals surface area contributed by atoms with E-state index >= 15 is 0 Å². The molecule has 0 saturated heterocycles. The maximum absolute atomic E-state index is 11.4. The van der Waals surface area contributed by atoms with Gasteiger partial charge in [0.05, 0.1) is 22.1 Å². The molecular weight excluding hydrogens is 307 g/mol. The molecule has 0 aliphatic carbocycles. The summed E-state index contributed by atoms with van der Waals surface area (Å²) < 4.78 is 4.59. The third-order valence-electron chi connectivity index (χ3n) is 2.60. The summed E-state index contributed by atoms with van der Waals surface area (Å²) in [4.78, 5) is 23.5. The molecule has 6 nitrogen and oxygen atoms in total. The number of ether oxygens (including phenoxy) is 1. The Hall–Kier alpha value is -1.53. The lowest BCUT2D eigenvalue weighted by atomic mass is 10.2. The van der Waals surface area contributed by atoms with Crippen molar-refractivity contribution in [2.75, 3.05) is 25.1 Å². The van der Waals surface area contributed by atoms with Crippen molar-refractivity contribution >= 4 is 40.5 Å². The molecule has 1 aromatic carbocycles. The summed E-state index contributed by atoms with van der Waals surface area (Å²) in [6, 6.07) is 2.57. The molecule has 0 aliphatic rings. The first-order valence-electron chi connectivity index (χ1n) is 5.85. The van der Waals surface area contributed by atoms with Crippen molar-refractivity contribution < 1.29 is 14.5 Å². The fourth-order valence-electron chi connectivity index (χ4n) is 1.70. The van der Waals surface area contributed by atoms with E-state index in [9.17, 15) is 14.9 Å². The molecule has 0 fully saturated rings. The van der Waals surface area contributed by atoms with Crippen LogP contribution in [0.5, 0.6) is 0 Å². The standard InChI is InChI=1S/C12H14Cl2N2O4/c1-3-4-15(7-12(17)20-2)10-5-8(13)9(14)6-11(10)16(18)19/h5-6H,3-4,7H2,1-2H3. The maximum atomic E-state index is 11.4. The molecule has 0 saturated carbocycles. The highest BCUT2D eigenvalue weighted by Crippen LogP contribution is 2.36. The van der Waals surface area contributed by atoms with Crippen molar-refractivity contribution in [1.29, 1.82) is 0 Å². The number of esters is 1. The smallest absolute Gasteiger partial charge is 0.325 e. The molecule has 1 aromatic rings. The lowest BCUT2D eigenvalue weighted by Gasteiger charge is -2.23. The van der Waals surface area contributed by atoms with Crippen LogP contribution in [0.2, 0.25) is 10.0 Å². The second kappa shape index (κ2) is 7.31. The molecule has 0 atom stereocenters. The predicted octanol–water partition coefficient (Wildman–Crippen LogP) is 3.29. The summed E-state index contributed by atoms with van der Waals surface area (Å²) in [5.41, 5.74) is 0.0494. The Kier molecular flexibility index (Phi) is 6.04. The molecule has 0 bridgehead atoms. The van der Waals surface area contributed by atoms with Gasteiger partial charge in [-0.1, -0.05) is 30.1 Å². The Morgan fingerprint density at radius 3 is 2.50 bits per heavy atom. The largest absolute Gasteiger partial charge is 0.468 e. The molecule has 8 heteroatoms. The van der Waals surface area contributed by atoms with E-state index in [1.54, 1.807) is 4.90 Å². The van der Waals surface area contributed by atoms with Crippen LogP contribution in [0.25, 0.3) is 0 Å². The number of nitrogens with zero attached hydrogens (tertiary/aromatic N) is 2. The van der Waals surface area contributed by atoms with Crippen LogP contribution in [0, 0.1) is 10.1 Å². The van der Waals surface area contributed by atoms with Gasteiger partial charge in [0.15, 0.2) is 0 Å². The topological polar surface area (TPSA) is 72.7 Å². The second-order valence-electron chi connectivity index (χ2n) is 4.01. The molecule has 0 amide bonds. The summed E-state index contributed by atoms with van der Waals surface area (Å²) in [5, 5.41) is 11.4. The monoisotopic (exact) mass is 320 g/mol. The van der Waals surface area contributed by atoms with Gasteiger partial charge in [0.1, 0.15) is 12.2 Å². The Bertz CT molecular complexity index is 522. The third-order valence-corrected chi connectivity index (χ3v) is 3.32. The van der Waals surface area contributed by atoms with Crippen LogP contribution in [0.4, 0.5) is 11.4 Å². The minimum atomic E-state index is -0.558. The Balaban J connectivity index is 3.26. The van der Waals surface area contributed by atoms with Crippen molar-refractivity contribution in [3.63, 3.8) is 0 Å². The minimum Gasteiger partial charge on any atom is -0.468 e. The molecular formula is C12H14Cl2N2O4. The van der Waals surface area contributed by atoms with Crippen LogP contribution in [-0.4, -0.2) is 31.1 Å². The summed E-state index contributed by atoms with van der Waals surface area (Å²) in [6.45, 7) is 2.25. The van der Waals surface area contributed by atoms with E-state index in [1.165, 1.54) is 19.2 Å². The third kappa shape index (κ3) is 3.98. The van der Waals surface area contributed by atoms with Gasteiger partial charge in [-0.05, 0) is 12.5 Å². The zero-order valence-corrected chi connectivity index (χ0v) is 12.6. The van der Waals surface area contributed by atoms with Gasteiger partial charge in [0, 0.05) is 12.6 Å². The summed E-state index contributed by atoms with van der Waals surface area (Å²) in [5.74, 6) is -0.487. The minimum absolute atomic E-state index is 0.0941. The van der Waals surface area contributed by atoms with E-state index in [4.69, 9.17) is 23.2 Å². The van der Waals surface area contributed by atoms with Crippen molar-refractivity contribution in [2.24, 2.45) is 0 Å². The van der Waals surface area contributed by atoms with E-state index in [1.807, 2.05) is 6.92 Å². The predicted molar refractivity (Wildman–Crippen MR) is 77.6 cm³/mol. The molecule has 0 N–H and O–H groups in total. The molecule has 0 unspecified atom stereocenters. The average molecular weight is 321 g/mol. The number of benzene rings is 1. The number of hydrogen-bond acceptors (Lipinski definition) is 5. The van der Waals surface area contributed by atoms with Crippen LogP contribution in [0.3, 0.4) is 0 Å². The van der Waals surface area contributed by atoms with E-state index < -0.39 is 10.9 Å². The number of rotatable bonds is 6. The molecule has 0 spiro atoms. The van der Waals surface area contributed by atoms with E-state index in [-0.39, 0.29) is 28.0 Å².